The maximum Gasteiger partial charge on any atom is 0.265 e. The molecule has 0 radical (unpaired) electrons. The van der Waals surface area contributed by atoms with Crippen molar-refractivity contribution in [3.63, 3.8) is 0 Å². The lowest BCUT2D eigenvalue weighted by Gasteiger charge is -2.06. The van der Waals surface area contributed by atoms with Gasteiger partial charge in [0.05, 0.1) is 20.4 Å². The Labute approximate surface area is 148 Å². The number of hydrogen-bond acceptors (Lipinski definition) is 7. The summed E-state index contributed by atoms with van der Waals surface area (Å²) in [6.07, 6.45) is 1.61. The second-order valence-corrected chi connectivity index (χ2v) is 5.48. The van der Waals surface area contributed by atoms with Gasteiger partial charge in [-0.1, -0.05) is 18.2 Å². The Morgan fingerprint density at radius 3 is 2.81 bits per heavy atom. The van der Waals surface area contributed by atoms with Crippen molar-refractivity contribution in [2.75, 3.05) is 19.6 Å². The first-order valence-corrected chi connectivity index (χ1v) is 7.91. The van der Waals surface area contributed by atoms with Crippen LogP contribution in [-0.2, 0) is 0 Å². The summed E-state index contributed by atoms with van der Waals surface area (Å²) in [6, 6.07) is 13.3. The summed E-state index contributed by atoms with van der Waals surface area (Å²) in [7, 11) is 3.21. The summed E-state index contributed by atoms with van der Waals surface area (Å²) in [5.41, 5.74) is 5.89. The first-order chi connectivity index (χ1) is 12.8. The van der Waals surface area contributed by atoms with E-state index in [1.807, 2.05) is 42.5 Å². The Bertz CT molecular complexity index is 1110. The highest BCUT2D eigenvalue weighted by Crippen LogP contribution is 2.23. The number of para-hydroxylation sites is 1. The Morgan fingerprint density at radius 2 is 1.96 bits per heavy atom. The highest BCUT2D eigenvalue weighted by Gasteiger charge is 2.08. The number of fused-ring (bicyclic) bond motifs is 3. The van der Waals surface area contributed by atoms with Gasteiger partial charge in [0.15, 0.2) is 5.65 Å². The van der Waals surface area contributed by atoms with Crippen LogP contribution >= 0.6 is 0 Å². The van der Waals surface area contributed by atoms with Crippen LogP contribution in [0.1, 0.15) is 5.56 Å². The number of anilines is 1. The van der Waals surface area contributed by atoms with Crippen molar-refractivity contribution in [1.29, 1.82) is 0 Å². The van der Waals surface area contributed by atoms with Gasteiger partial charge in [-0.2, -0.15) is 10.1 Å². The lowest BCUT2D eigenvalue weighted by Crippen LogP contribution is -2.00. The third-order valence-corrected chi connectivity index (χ3v) is 3.93. The van der Waals surface area contributed by atoms with Crippen LogP contribution in [0.2, 0.25) is 0 Å². The molecule has 0 saturated heterocycles. The van der Waals surface area contributed by atoms with E-state index in [1.54, 1.807) is 20.4 Å². The van der Waals surface area contributed by atoms with E-state index in [2.05, 4.69) is 30.7 Å². The van der Waals surface area contributed by atoms with Crippen LogP contribution in [0.3, 0.4) is 0 Å². The zero-order valence-corrected chi connectivity index (χ0v) is 14.2. The maximum absolute atomic E-state index is 5.32. The molecule has 0 unspecified atom stereocenters. The fourth-order valence-corrected chi connectivity index (χ4v) is 2.67. The molecule has 0 amide bonds. The number of benzene rings is 2. The van der Waals surface area contributed by atoms with Crippen molar-refractivity contribution in [3.05, 3.63) is 48.0 Å². The van der Waals surface area contributed by atoms with Gasteiger partial charge >= 0.3 is 0 Å². The molecule has 4 rings (SSSR count). The summed E-state index contributed by atoms with van der Waals surface area (Å²) in [4.78, 5) is 7.63. The number of ether oxygens (including phenoxy) is 2. The average molecular weight is 348 g/mol. The van der Waals surface area contributed by atoms with Gasteiger partial charge in [0.1, 0.15) is 17.0 Å². The van der Waals surface area contributed by atoms with Crippen molar-refractivity contribution >= 4 is 34.2 Å². The van der Waals surface area contributed by atoms with Crippen LogP contribution < -0.4 is 14.9 Å². The molecule has 2 aromatic carbocycles. The van der Waals surface area contributed by atoms with E-state index in [9.17, 15) is 0 Å². The Balaban J connectivity index is 1.59. The third-order valence-electron chi connectivity index (χ3n) is 3.93. The molecule has 2 heterocycles. The minimum Gasteiger partial charge on any atom is -0.497 e. The monoisotopic (exact) mass is 348 g/mol. The molecular weight excluding hydrogens is 332 g/mol. The van der Waals surface area contributed by atoms with Gasteiger partial charge in [0.2, 0.25) is 0 Å². The number of hydrogen-bond donors (Lipinski definition) is 2. The minimum absolute atomic E-state index is 0.294. The fourth-order valence-electron chi connectivity index (χ4n) is 2.67. The molecule has 2 N–H and O–H groups in total. The van der Waals surface area contributed by atoms with Gasteiger partial charge < -0.3 is 14.5 Å². The molecule has 0 spiro atoms. The smallest absolute Gasteiger partial charge is 0.265 e. The van der Waals surface area contributed by atoms with Crippen LogP contribution in [0.5, 0.6) is 11.5 Å². The highest BCUT2D eigenvalue weighted by molar-refractivity contribution is 6.03. The predicted molar refractivity (Wildman–Crippen MR) is 100.0 cm³/mol. The first kappa shape index (κ1) is 15.8. The Hall–Kier alpha value is -3.68. The number of methoxy groups -OCH3 is 2. The number of nitrogens with zero attached hydrogens (tertiary/aromatic N) is 4. The van der Waals surface area contributed by atoms with E-state index >= 15 is 0 Å². The largest absolute Gasteiger partial charge is 0.497 e. The molecule has 26 heavy (non-hydrogen) atoms. The number of hydrazone groups is 1. The molecule has 0 atom stereocenters. The maximum atomic E-state index is 5.32. The lowest BCUT2D eigenvalue weighted by molar-refractivity contribution is 0.402. The van der Waals surface area contributed by atoms with Crippen LogP contribution in [0.15, 0.2) is 47.6 Å². The topological polar surface area (TPSA) is 97.3 Å². The molecule has 0 bridgehead atoms. The molecular formula is C18H16N6O2. The third kappa shape index (κ3) is 2.88. The summed E-state index contributed by atoms with van der Waals surface area (Å²) < 4.78 is 10.5. The van der Waals surface area contributed by atoms with Crippen LogP contribution in [0.4, 0.5) is 5.95 Å². The second kappa shape index (κ2) is 6.67. The fraction of sp³-hybridized carbons (Fsp3) is 0.111. The molecule has 8 heteroatoms. The molecule has 0 aliphatic carbocycles. The minimum atomic E-state index is 0.294. The summed E-state index contributed by atoms with van der Waals surface area (Å²) in [5, 5.41) is 13.5. The van der Waals surface area contributed by atoms with Crippen molar-refractivity contribution in [3.8, 4) is 11.5 Å². The van der Waals surface area contributed by atoms with Gasteiger partial charge in [-0.15, -0.1) is 10.2 Å². The predicted octanol–water partition coefficient (Wildman–Crippen LogP) is 2.97. The number of nitrogens with one attached hydrogen (secondary N) is 2. The first-order valence-electron chi connectivity index (χ1n) is 7.91. The van der Waals surface area contributed by atoms with Crippen molar-refractivity contribution in [1.82, 2.24) is 20.2 Å². The molecule has 0 aliphatic rings. The second-order valence-electron chi connectivity index (χ2n) is 5.48. The summed E-state index contributed by atoms with van der Waals surface area (Å²) in [6.45, 7) is 0. The average Bonchev–Trinajstić information content (AvgIpc) is 3.05. The summed E-state index contributed by atoms with van der Waals surface area (Å²) >= 11 is 0. The molecule has 8 nitrogen and oxygen atoms in total. The summed E-state index contributed by atoms with van der Waals surface area (Å²) in [5.74, 6) is 1.69. The van der Waals surface area contributed by atoms with Crippen LogP contribution in [-0.4, -0.2) is 40.6 Å². The molecule has 130 valence electrons. The Morgan fingerprint density at radius 1 is 1.08 bits per heavy atom. The number of aromatic nitrogens is 4. The molecule has 0 fully saturated rings. The van der Waals surface area contributed by atoms with E-state index in [1.165, 1.54) is 0 Å². The lowest BCUT2D eigenvalue weighted by atomic mass is 10.2. The van der Waals surface area contributed by atoms with Crippen LogP contribution in [0, 0.1) is 0 Å². The van der Waals surface area contributed by atoms with Crippen molar-refractivity contribution < 1.29 is 9.47 Å². The van der Waals surface area contributed by atoms with Gasteiger partial charge in [-0.3, -0.25) is 0 Å². The zero-order chi connectivity index (χ0) is 17.9. The normalized spacial score (nSPS) is 11.3. The van der Waals surface area contributed by atoms with E-state index in [-0.39, 0.29) is 0 Å². The molecule has 0 aliphatic heterocycles. The van der Waals surface area contributed by atoms with E-state index in [0.717, 1.165) is 22.0 Å². The highest BCUT2D eigenvalue weighted by atomic mass is 16.5. The number of H-pyrrole nitrogens is 1. The van der Waals surface area contributed by atoms with E-state index < -0.39 is 0 Å². The van der Waals surface area contributed by atoms with E-state index in [0.29, 0.717) is 23.1 Å². The number of aromatic amines is 1. The van der Waals surface area contributed by atoms with Gasteiger partial charge in [-0.25, -0.2) is 5.43 Å². The van der Waals surface area contributed by atoms with Gasteiger partial charge in [0.25, 0.3) is 5.95 Å². The SMILES string of the molecule is COc1ccc(OC)c(/C=N\Nc2nnc3c(n2)[nH]c2ccccc23)c1. The Kier molecular flexibility index (Phi) is 4.06. The van der Waals surface area contributed by atoms with Gasteiger partial charge in [0, 0.05) is 16.5 Å². The van der Waals surface area contributed by atoms with E-state index in [4.69, 9.17) is 9.47 Å². The molecule has 4 aromatic rings. The van der Waals surface area contributed by atoms with Gasteiger partial charge in [-0.05, 0) is 24.3 Å². The van der Waals surface area contributed by atoms with Crippen molar-refractivity contribution in [2.24, 2.45) is 5.10 Å². The number of rotatable bonds is 5. The van der Waals surface area contributed by atoms with Crippen LogP contribution in [0.25, 0.3) is 22.1 Å². The molecule has 0 saturated carbocycles. The zero-order valence-electron chi connectivity index (χ0n) is 14.2. The standard InChI is InChI=1S/C18H16N6O2/c1-25-12-7-8-15(26-2)11(9-12)10-19-23-18-21-17-16(22-24-18)13-5-3-4-6-14(13)20-17/h3-10H,1-2H3,(H2,20,21,23,24)/b19-10-. The molecule has 2 aromatic heterocycles. The van der Waals surface area contributed by atoms with Crippen molar-refractivity contribution in [2.45, 2.75) is 0 Å². The quantitative estimate of drug-likeness (QED) is 0.425.